The fourth-order valence-electron chi connectivity index (χ4n) is 1.61. The molecule has 0 saturated heterocycles. The third-order valence-electron chi connectivity index (χ3n) is 2.71. The lowest BCUT2D eigenvalue weighted by Gasteiger charge is -2.17. The van der Waals surface area contributed by atoms with Crippen molar-refractivity contribution in [3.05, 3.63) is 18.2 Å². The van der Waals surface area contributed by atoms with Crippen LogP contribution in [0, 0.1) is 0 Å². The minimum absolute atomic E-state index is 0.00375. The van der Waals surface area contributed by atoms with Gasteiger partial charge in [0.25, 0.3) is 0 Å². The average Bonchev–Trinajstić information content (AvgIpc) is 2.88. The third kappa shape index (κ3) is 5.96. The number of H-pyrrole nitrogens is 1. The van der Waals surface area contributed by atoms with Crippen molar-refractivity contribution < 1.29 is 14.7 Å². The number of nitrogens with one attached hydrogen (secondary N) is 3. The zero-order chi connectivity index (χ0) is 15.0. The van der Waals surface area contributed by atoms with Gasteiger partial charge in [-0.25, -0.2) is 14.6 Å². The molecule has 0 aliphatic heterocycles. The molecule has 1 aromatic rings. The second kappa shape index (κ2) is 8.47. The third-order valence-corrected chi connectivity index (χ3v) is 3.36. The van der Waals surface area contributed by atoms with Gasteiger partial charge in [-0.05, 0) is 25.4 Å². The highest BCUT2D eigenvalue weighted by Gasteiger charge is 2.21. The topological polar surface area (TPSA) is 107 Å². The molecule has 1 aromatic heterocycles. The van der Waals surface area contributed by atoms with Crippen LogP contribution in [0.15, 0.2) is 12.5 Å². The number of thioether (sulfide) groups is 1. The summed E-state index contributed by atoms with van der Waals surface area (Å²) in [4.78, 5) is 29.5. The van der Waals surface area contributed by atoms with Crippen molar-refractivity contribution in [2.75, 3.05) is 12.0 Å². The Hall–Kier alpha value is -1.70. The van der Waals surface area contributed by atoms with Gasteiger partial charge in [-0.3, -0.25) is 0 Å². The molecule has 2 atom stereocenters. The van der Waals surface area contributed by atoms with Crippen molar-refractivity contribution in [2.24, 2.45) is 0 Å². The maximum Gasteiger partial charge on any atom is 0.326 e. The van der Waals surface area contributed by atoms with E-state index in [2.05, 4.69) is 20.6 Å². The maximum absolute atomic E-state index is 11.7. The van der Waals surface area contributed by atoms with Crippen LogP contribution in [-0.2, 0) is 11.2 Å². The number of carboxylic acids is 1. The zero-order valence-corrected chi connectivity index (χ0v) is 12.4. The highest BCUT2D eigenvalue weighted by molar-refractivity contribution is 7.98. The highest BCUT2D eigenvalue weighted by Crippen LogP contribution is 2.01. The second-order valence-electron chi connectivity index (χ2n) is 4.47. The molecule has 0 fully saturated rings. The van der Waals surface area contributed by atoms with Crippen molar-refractivity contribution in [1.82, 2.24) is 20.6 Å². The van der Waals surface area contributed by atoms with Crippen molar-refractivity contribution in [1.29, 1.82) is 0 Å². The van der Waals surface area contributed by atoms with E-state index in [4.69, 9.17) is 5.11 Å². The fourth-order valence-corrected chi connectivity index (χ4v) is 2.20. The van der Waals surface area contributed by atoms with Crippen LogP contribution in [0.5, 0.6) is 0 Å². The minimum Gasteiger partial charge on any atom is -0.480 e. The van der Waals surface area contributed by atoms with Gasteiger partial charge in [0.2, 0.25) is 0 Å². The van der Waals surface area contributed by atoms with E-state index in [0.717, 1.165) is 12.2 Å². The van der Waals surface area contributed by atoms with Crippen molar-refractivity contribution in [3.63, 3.8) is 0 Å². The van der Waals surface area contributed by atoms with Gasteiger partial charge in [-0.1, -0.05) is 0 Å². The highest BCUT2D eigenvalue weighted by atomic mass is 32.2. The summed E-state index contributed by atoms with van der Waals surface area (Å²) < 4.78 is 0. The monoisotopic (exact) mass is 300 g/mol. The minimum atomic E-state index is -1.08. The number of carbonyl (C=O) groups excluding carboxylic acids is 1. The van der Waals surface area contributed by atoms with Gasteiger partial charge in [-0.15, -0.1) is 0 Å². The number of rotatable bonds is 8. The van der Waals surface area contributed by atoms with E-state index in [-0.39, 0.29) is 12.5 Å². The Morgan fingerprint density at radius 2 is 2.25 bits per heavy atom. The Morgan fingerprint density at radius 3 is 2.80 bits per heavy atom. The molecule has 0 aliphatic rings. The molecule has 0 aliphatic carbocycles. The molecule has 2 amide bonds. The first-order chi connectivity index (χ1) is 9.52. The largest absolute Gasteiger partial charge is 0.480 e. The first-order valence-corrected chi connectivity index (χ1v) is 7.68. The predicted molar refractivity (Wildman–Crippen MR) is 77.8 cm³/mol. The van der Waals surface area contributed by atoms with Gasteiger partial charge in [0, 0.05) is 24.4 Å². The van der Waals surface area contributed by atoms with Crippen molar-refractivity contribution >= 4 is 23.8 Å². The van der Waals surface area contributed by atoms with Crippen LogP contribution in [0.3, 0.4) is 0 Å². The summed E-state index contributed by atoms with van der Waals surface area (Å²) in [7, 11) is 0. The van der Waals surface area contributed by atoms with Crippen molar-refractivity contribution in [3.8, 4) is 0 Å². The van der Waals surface area contributed by atoms with Gasteiger partial charge in [0.15, 0.2) is 0 Å². The number of hydrogen-bond acceptors (Lipinski definition) is 4. The molecule has 1 unspecified atom stereocenters. The molecule has 0 spiro atoms. The van der Waals surface area contributed by atoms with Gasteiger partial charge >= 0.3 is 12.0 Å². The van der Waals surface area contributed by atoms with Crippen LogP contribution in [0.2, 0.25) is 0 Å². The number of aromatic nitrogens is 2. The van der Waals surface area contributed by atoms with E-state index in [0.29, 0.717) is 5.69 Å². The second-order valence-corrected chi connectivity index (χ2v) is 5.46. The number of carboxylic acid groups (broad SMARTS) is 1. The quantitative estimate of drug-likeness (QED) is 0.569. The van der Waals surface area contributed by atoms with E-state index < -0.39 is 18.0 Å². The summed E-state index contributed by atoms with van der Waals surface area (Å²) in [6.45, 7) is 1.89. The SMILES string of the molecule is CSCCC(C)NC(=O)N[C@H](Cc1cnc[nH]1)C(=O)O. The van der Waals surface area contributed by atoms with Crippen LogP contribution in [0.1, 0.15) is 19.0 Å². The molecule has 7 nitrogen and oxygen atoms in total. The van der Waals surface area contributed by atoms with Crippen LogP contribution in [0.4, 0.5) is 4.79 Å². The molecule has 112 valence electrons. The molecular weight excluding hydrogens is 280 g/mol. The normalized spacial score (nSPS) is 13.5. The fraction of sp³-hybridized carbons (Fsp3) is 0.583. The Morgan fingerprint density at radius 1 is 1.50 bits per heavy atom. The van der Waals surface area contributed by atoms with Crippen LogP contribution in [0.25, 0.3) is 0 Å². The van der Waals surface area contributed by atoms with Gasteiger partial charge in [0.1, 0.15) is 6.04 Å². The molecular formula is C12H20N4O3S. The standard InChI is InChI=1S/C12H20N4O3S/c1-8(3-4-20-2)15-12(19)16-10(11(17)18)5-9-6-13-7-14-9/h6-8,10H,3-5H2,1-2H3,(H,13,14)(H,17,18)(H2,15,16,19)/t8?,10-/m1/s1. The molecule has 8 heteroatoms. The molecule has 4 N–H and O–H groups in total. The Labute approximate surface area is 121 Å². The molecule has 0 bridgehead atoms. The number of carbonyl (C=O) groups is 2. The number of urea groups is 1. The summed E-state index contributed by atoms with van der Waals surface area (Å²) in [6, 6.07) is -1.45. The Balaban J connectivity index is 2.45. The van der Waals surface area contributed by atoms with E-state index in [1.807, 2.05) is 13.2 Å². The van der Waals surface area contributed by atoms with Crippen LogP contribution >= 0.6 is 11.8 Å². The van der Waals surface area contributed by atoms with E-state index in [1.54, 1.807) is 11.8 Å². The number of hydrogen-bond donors (Lipinski definition) is 4. The average molecular weight is 300 g/mol. The lowest BCUT2D eigenvalue weighted by Crippen LogP contribution is -2.49. The number of nitrogens with zero attached hydrogens (tertiary/aromatic N) is 1. The molecule has 20 heavy (non-hydrogen) atoms. The van der Waals surface area contributed by atoms with Gasteiger partial charge in [-0.2, -0.15) is 11.8 Å². The lowest BCUT2D eigenvalue weighted by molar-refractivity contribution is -0.139. The summed E-state index contributed by atoms with van der Waals surface area (Å²) in [5.74, 6) is -0.135. The number of aromatic amines is 1. The molecule has 0 aromatic carbocycles. The summed E-state index contributed by atoms with van der Waals surface area (Å²) >= 11 is 1.70. The zero-order valence-electron chi connectivity index (χ0n) is 11.5. The number of amides is 2. The first kappa shape index (κ1) is 16.4. The maximum atomic E-state index is 11.7. The van der Waals surface area contributed by atoms with Crippen molar-refractivity contribution in [2.45, 2.75) is 31.8 Å². The molecule has 1 rings (SSSR count). The smallest absolute Gasteiger partial charge is 0.326 e. The van der Waals surface area contributed by atoms with E-state index >= 15 is 0 Å². The Kier molecular flexibility index (Phi) is 6.92. The van der Waals surface area contributed by atoms with Crippen LogP contribution in [-0.4, -0.2) is 51.2 Å². The summed E-state index contributed by atoms with van der Waals surface area (Å²) in [5.41, 5.74) is 0.660. The summed E-state index contributed by atoms with van der Waals surface area (Å²) in [5, 5.41) is 14.3. The number of aliphatic carboxylic acids is 1. The molecule has 0 radical (unpaired) electrons. The van der Waals surface area contributed by atoms with Gasteiger partial charge < -0.3 is 20.7 Å². The van der Waals surface area contributed by atoms with Gasteiger partial charge in [0.05, 0.1) is 6.33 Å². The van der Waals surface area contributed by atoms with Crippen LogP contribution < -0.4 is 10.6 Å². The summed E-state index contributed by atoms with van der Waals surface area (Å²) in [6.07, 6.45) is 6.02. The first-order valence-electron chi connectivity index (χ1n) is 6.29. The molecule has 1 heterocycles. The Bertz CT molecular complexity index is 424. The van der Waals surface area contributed by atoms with E-state index in [1.165, 1.54) is 12.5 Å². The molecule has 0 saturated carbocycles. The lowest BCUT2D eigenvalue weighted by atomic mass is 10.1. The number of imidazole rings is 1. The predicted octanol–water partition coefficient (Wildman–Crippen LogP) is 0.846. The van der Waals surface area contributed by atoms with E-state index in [9.17, 15) is 9.59 Å².